The van der Waals surface area contributed by atoms with Gasteiger partial charge in [-0.15, -0.1) is 10.2 Å². The van der Waals surface area contributed by atoms with Crippen LogP contribution in [0.4, 0.5) is 10.2 Å². The first-order valence-electron chi connectivity index (χ1n) is 14.7. The van der Waals surface area contributed by atoms with E-state index in [-0.39, 0.29) is 24.6 Å². The molecule has 1 fully saturated rings. The molecule has 0 bridgehead atoms. The summed E-state index contributed by atoms with van der Waals surface area (Å²) < 4.78 is 14.5. The van der Waals surface area contributed by atoms with Crippen LogP contribution in [0.1, 0.15) is 15.9 Å². The molecular weight excluding hydrogens is 553 g/mol. The fourth-order valence-corrected chi connectivity index (χ4v) is 5.37. The first-order chi connectivity index (χ1) is 21.5. The number of carbonyl (C=O) groups excluding carboxylic acids is 2. The first-order valence-corrected chi connectivity index (χ1v) is 14.7. The SMILES string of the molecule is O=C(CN(Cc1ccccc1)C(=O)c1ccccc1F)N1CCN(c2ccc(-c3ccc(-c4ccccc4)cc3)nn2)CC1. The largest absolute Gasteiger partial charge is 0.352 e. The highest BCUT2D eigenvalue weighted by Gasteiger charge is 2.27. The summed E-state index contributed by atoms with van der Waals surface area (Å²) in [6, 6.07) is 37.7. The van der Waals surface area contributed by atoms with Gasteiger partial charge in [-0.25, -0.2) is 4.39 Å². The van der Waals surface area contributed by atoms with Crippen LogP contribution in [0.25, 0.3) is 22.4 Å². The van der Waals surface area contributed by atoms with Gasteiger partial charge in [0.2, 0.25) is 5.91 Å². The summed E-state index contributed by atoms with van der Waals surface area (Å²) in [5.41, 5.74) is 4.91. The van der Waals surface area contributed by atoms with Crippen LogP contribution in [0.2, 0.25) is 0 Å². The number of hydrogen-bond donors (Lipinski definition) is 0. The minimum Gasteiger partial charge on any atom is -0.352 e. The number of halogens is 1. The highest BCUT2D eigenvalue weighted by Crippen LogP contribution is 2.24. The van der Waals surface area contributed by atoms with E-state index >= 15 is 0 Å². The number of amides is 2. The predicted octanol–water partition coefficient (Wildman–Crippen LogP) is 5.94. The molecule has 220 valence electrons. The third-order valence-corrected chi connectivity index (χ3v) is 7.83. The van der Waals surface area contributed by atoms with Gasteiger partial charge in [0.25, 0.3) is 5.91 Å². The van der Waals surface area contributed by atoms with E-state index in [0.717, 1.165) is 28.2 Å². The Morgan fingerprint density at radius 3 is 1.93 bits per heavy atom. The Hall–Kier alpha value is -5.37. The molecule has 7 nitrogen and oxygen atoms in total. The summed E-state index contributed by atoms with van der Waals surface area (Å²) in [5, 5.41) is 8.94. The fraction of sp³-hybridized carbons (Fsp3) is 0.167. The molecule has 1 saturated heterocycles. The Balaban J connectivity index is 1.07. The number of rotatable bonds is 8. The van der Waals surface area contributed by atoms with E-state index in [1.54, 1.807) is 17.0 Å². The molecule has 2 amide bonds. The molecule has 0 aliphatic carbocycles. The molecule has 0 saturated carbocycles. The summed E-state index contributed by atoms with van der Waals surface area (Å²) in [6.45, 7) is 2.21. The molecule has 0 atom stereocenters. The number of anilines is 1. The second kappa shape index (κ2) is 13.3. The number of nitrogens with zero attached hydrogens (tertiary/aromatic N) is 5. The van der Waals surface area contributed by atoms with Gasteiger partial charge >= 0.3 is 0 Å². The van der Waals surface area contributed by atoms with Crippen molar-refractivity contribution in [2.75, 3.05) is 37.6 Å². The van der Waals surface area contributed by atoms with E-state index in [1.807, 2.05) is 60.7 Å². The lowest BCUT2D eigenvalue weighted by molar-refractivity contribution is -0.132. The molecule has 0 unspecified atom stereocenters. The molecule has 1 aliphatic rings. The van der Waals surface area contributed by atoms with Crippen molar-refractivity contribution in [1.82, 2.24) is 20.0 Å². The lowest BCUT2D eigenvalue weighted by atomic mass is 10.0. The molecule has 0 radical (unpaired) electrons. The lowest BCUT2D eigenvalue weighted by Gasteiger charge is -2.36. The van der Waals surface area contributed by atoms with Gasteiger partial charge in [0.05, 0.1) is 11.3 Å². The number of benzene rings is 4. The van der Waals surface area contributed by atoms with E-state index in [4.69, 9.17) is 0 Å². The average Bonchev–Trinajstić information content (AvgIpc) is 3.09. The van der Waals surface area contributed by atoms with Gasteiger partial charge in [-0.2, -0.15) is 0 Å². The molecule has 0 spiro atoms. The molecule has 4 aromatic carbocycles. The smallest absolute Gasteiger partial charge is 0.257 e. The van der Waals surface area contributed by atoms with Gasteiger partial charge in [-0.1, -0.05) is 97.1 Å². The van der Waals surface area contributed by atoms with Crippen molar-refractivity contribution in [3.05, 3.63) is 138 Å². The zero-order chi connectivity index (χ0) is 30.3. The monoisotopic (exact) mass is 585 g/mol. The molecule has 6 rings (SSSR count). The van der Waals surface area contributed by atoms with Gasteiger partial charge < -0.3 is 14.7 Å². The molecule has 44 heavy (non-hydrogen) atoms. The zero-order valence-electron chi connectivity index (χ0n) is 24.2. The maximum absolute atomic E-state index is 14.5. The van der Waals surface area contributed by atoms with Crippen molar-refractivity contribution in [2.24, 2.45) is 0 Å². The molecule has 1 aromatic heterocycles. The van der Waals surface area contributed by atoms with Crippen molar-refractivity contribution in [2.45, 2.75) is 6.54 Å². The Kier molecular flexibility index (Phi) is 8.68. The van der Waals surface area contributed by atoms with Crippen molar-refractivity contribution in [3.8, 4) is 22.4 Å². The lowest BCUT2D eigenvalue weighted by Crippen LogP contribution is -2.52. The standard InChI is InChI=1S/C36H32FN5O2/c37-32-14-8-7-13-31(32)36(44)42(25-27-9-3-1-4-10-27)26-35(43)41-23-21-40(22-24-41)34-20-19-33(38-39-34)30-17-15-29(16-18-30)28-11-5-2-6-12-28/h1-20H,21-26H2. The predicted molar refractivity (Wildman–Crippen MR) is 169 cm³/mol. The topological polar surface area (TPSA) is 69.6 Å². The van der Waals surface area contributed by atoms with E-state index in [1.165, 1.54) is 22.6 Å². The van der Waals surface area contributed by atoms with Crippen molar-refractivity contribution in [1.29, 1.82) is 0 Å². The van der Waals surface area contributed by atoms with E-state index < -0.39 is 11.7 Å². The second-order valence-corrected chi connectivity index (χ2v) is 10.7. The Morgan fingerprint density at radius 2 is 1.27 bits per heavy atom. The minimum atomic E-state index is -0.604. The van der Waals surface area contributed by atoms with Crippen LogP contribution in [0, 0.1) is 5.82 Å². The highest BCUT2D eigenvalue weighted by atomic mass is 19.1. The summed E-state index contributed by atoms with van der Waals surface area (Å²) in [7, 11) is 0. The summed E-state index contributed by atoms with van der Waals surface area (Å²) in [6.07, 6.45) is 0. The number of piperazine rings is 1. The van der Waals surface area contributed by atoms with Crippen molar-refractivity contribution in [3.63, 3.8) is 0 Å². The molecule has 0 N–H and O–H groups in total. The number of aromatic nitrogens is 2. The van der Waals surface area contributed by atoms with E-state index in [9.17, 15) is 14.0 Å². The van der Waals surface area contributed by atoms with Gasteiger partial charge in [0.1, 0.15) is 12.4 Å². The zero-order valence-corrected chi connectivity index (χ0v) is 24.2. The van der Waals surface area contributed by atoms with E-state index in [2.05, 4.69) is 51.5 Å². The Labute approximate surface area is 256 Å². The molecule has 5 aromatic rings. The Morgan fingerprint density at radius 1 is 0.659 bits per heavy atom. The van der Waals surface area contributed by atoms with Crippen LogP contribution in [0.5, 0.6) is 0 Å². The maximum atomic E-state index is 14.5. The third-order valence-electron chi connectivity index (χ3n) is 7.83. The van der Waals surface area contributed by atoms with Gasteiger partial charge in [-0.3, -0.25) is 9.59 Å². The number of carbonyl (C=O) groups is 2. The summed E-state index contributed by atoms with van der Waals surface area (Å²) in [5.74, 6) is -0.537. The minimum absolute atomic E-state index is 0.0461. The highest BCUT2D eigenvalue weighted by molar-refractivity contribution is 5.96. The third kappa shape index (κ3) is 6.65. The average molecular weight is 586 g/mol. The van der Waals surface area contributed by atoms with Gasteiger partial charge in [0.15, 0.2) is 5.82 Å². The summed E-state index contributed by atoms with van der Waals surface area (Å²) >= 11 is 0. The first kappa shape index (κ1) is 28.7. The molecule has 1 aliphatic heterocycles. The van der Waals surface area contributed by atoms with Crippen LogP contribution >= 0.6 is 0 Å². The second-order valence-electron chi connectivity index (χ2n) is 10.7. The summed E-state index contributed by atoms with van der Waals surface area (Å²) in [4.78, 5) is 32.0. The molecule has 2 heterocycles. The van der Waals surface area contributed by atoms with Crippen molar-refractivity contribution >= 4 is 17.6 Å². The van der Waals surface area contributed by atoms with Crippen LogP contribution in [0.15, 0.2) is 121 Å². The van der Waals surface area contributed by atoms with E-state index in [0.29, 0.717) is 26.2 Å². The van der Waals surface area contributed by atoms with Crippen molar-refractivity contribution < 1.29 is 14.0 Å². The quantitative estimate of drug-likeness (QED) is 0.226. The maximum Gasteiger partial charge on any atom is 0.257 e. The molecule has 8 heteroatoms. The van der Waals surface area contributed by atoms with Gasteiger partial charge in [-0.05, 0) is 41.0 Å². The fourth-order valence-electron chi connectivity index (χ4n) is 5.37. The number of hydrogen-bond acceptors (Lipinski definition) is 5. The van der Waals surface area contributed by atoms with Crippen LogP contribution in [-0.2, 0) is 11.3 Å². The van der Waals surface area contributed by atoms with Crippen LogP contribution in [-0.4, -0.2) is 64.5 Å². The molecular formula is C36H32FN5O2. The normalized spacial score (nSPS) is 13.0. The van der Waals surface area contributed by atoms with Gasteiger partial charge in [0, 0.05) is 38.3 Å². The Bertz CT molecular complexity index is 1710. The van der Waals surface area contributed by atoms with Crippen LogP contribution in [0.3, 0.4) is 0 Å². The van der Waals surface area contributed by atoms with Crippen LogP contribution < -0.4 is 4.90 Å².